The standard InChI is InChI=1S/C21H25NO/c1-15-13-19-18(16(2)20(15)23)9-12-21(10-6-11-21)22(19)14-17-7-4-3-5-8-17/h3-5,7-8,13,23H,6,9-12,14H2,1-2H3. The molecule has 0 radical (unpaired) electrons. The highest BCUT2D eigenvalue weighted by Crippen LogP contribution is 2.50. The summed E-state index contributed by atoms with van der Waals surface area (Å²) in [4.78, 5) is 2.64. The predicted molar refractivity (Wildman–Crippen MR) is 95.1 cm³/mol. The summed E-state index contributed by atoms with van der Waals surface area (Å²) >= 11 is 0. The van der Waals surface area contributed by atoms with Gasteiger partial charge in [-0.2, -0.15) is 0 Å². The first-order chi connectivity index (χ1) is 11.1. The van der Waals surface area contributed by atoms with Gasteiger partial charge in [0.1, 0.15) is 5.75 Å². The van der Waals surface area contributed by atoms with Crippen molar-refractivity contribution in [1.82, 2.24) is 0 Å². The van der Waals surface area contributed by atoms with Crippen molar-refractivity contribution in [3.8, 4) is 5.75 Å². The highest BCUT2D eigenvalue weighted by atomic mass is 16.3. The number of nitrogens with zero attached hydrogens (tertiary/aromatic N) is 1. The molecule has 1 heterocycles. The van der Waals surface area contributed by atoms with Gasteiger partial charge in [0.15, 0.2) is 0 Å². The summed E-state index contributed by atoms with van der Waals surface area (Å²) in [5.74, 6) is 0.480. The zero-order valence-electron chi connectivity index (χ0n) is 14.1. The predicted octanol–water partition coefficient (Wildman–Crippen LogP) is 4.88. The van der Waals surface area contributed by atoms with Gasteiger partial charge < -0.3 is 10.0 Å². The minimum atomic E-state index is 0.346. The molecular weight excluding hydrogens is 282 g/mol. The van der Waals surface area contributed by atoms with E-state index in [0.29, 0.717) is 11.3 Å². The molecule has 0 unspecified atom stereocenters. The molecular formula is C21H25NO. The van der Waals surface area contributed by atoms with Crippen LogP contribution in [0.15, 0.2) is 36.4 Å². The first-order valence-corrected chi connectivity index (χ1v) is 8.74. The number of aryl methyl sites for hydroxylation is 1. The summed E-state index contributed by atoms with van der Waals surface area (Å²) in [6.45, 7) is 5.06. The molecule has 1 aliphatic carbocycles. The second-order valence-corrected chi connectivity index (χ2v) is 7.31. The van der Waals surface area contributed by atoms with Gasteiger partial charge >= 0.3 is 0 Å². The van der Waals surface area contributed by atoms with Crippen molar-refractivity contribution in [2.75, 3.05) is 4.90 Å². The van der Waals surface area contributed by atoms with Crippen LogP contribution in [0.2, 0.25) is 0 Å². The van der Waals surface area contributed by atoms with E-state index in [1.165, 1.54) is 42.5 Å². The van der Waals surface area contributed by atoms with E-state index in [2.05, 4.69) is 48.2 Å². The number of aromatic hydroxyl groups is 1. The van der Waals surface area contributed by atoms with Crippen molar-refractivity contribution in [2.45, 2.75) is 58.0 Å². The van der Waals surface area contributed by atoms with Crippen LogP contribution in [0, 0.1) is 13.8 Å². The van der Waals surface area contributed by atoms with Crippen molar-refractivity contribution in [2.24, 2.45) is 0 Å². The fourth-order valence-corrected chi connectivity index (χ4v) is 4.42. The molecule has 120 valence electrons. The summed E-state index contributed by atoms with van der Waals surface area (Å²) < 4.78 is 0. The number of phenolic OH excluding ortho intramolecular Hbond substituents is 1. The van der Waals surface area contributed by atoms with E-state index in [1.54, 1.807) is 0 Å². The van der Waals surface area contributed by atoms with Crippen molar-refractivity contribution < 1.29 is 5.11 Å². The Kier molecular flexibility index (Phi) is 3.37. The molecule has 0 saturated heterocycles. The van der Waals surface area contributed by atoms with Crippen LogP contribution in [0.25, 0.3) is 0 Å². The number of phenols is 1. The summed E-state index contributed by atoms with van der Waals surface area (Å²) in [5, 5.41) is 10.3. The van der Waals surface area contributed by atoms with Crippen LogP contribution in [-0.4, -0.2) is 10.6 Å². The molecule has 1 aliphatic heterocycles. The van der Waals surface area contributed by atoms with Crippen LogP contribution in [0.1, 0.15) is 47.9 Å². The average molecular weight is 307 g/mol. The Balaban J connectivity index is 1.81. The molecule has 0 amide bonds. The third kappa shape index (κ3) is 2.23. The van der Waals surface area contributed by atoms with Gasteiger partial charge in [0.25, 0.3) is 0 Å². The smallest absolute Gasteiger partial charge is 0.121 e. The fourth-order valence-electron chi connectivity index (χ4n) is 4.42. The maximum atomic E-state index is 10.3. The van der Waals surface area contributed by atoms with Crippen molar-refractivity contribution in [1.29, 1.82) is 0 Å². The number of fused-ring (bicyclic) bond motifs is 1. The Labute approximate surface area is 138 Å². The minimum Gasteiger partial charge on any atom is -0.507 e. The van der Waals surface area contributed by atoms with Gasteiger partial charge in [-0.25, -0.2) is 0 Å². The summed E-state index contributed by atoms with van der Waals surface area (Å²) in [6.07, 6.45) is 6.27. The van der Waals surface area contributed by atoms with Crippen LogP contribution in [0.4, 0.5) is 5.69 Å². The number of anilines is 1. The zero-order valence-corrected chi connectivity index (χ0v) is 14.1. The van der Waals surface area contributed by atoms with Crippen molar-refractivity contribution in [3.05, 3.63) is 58.7 Å². The lowest BCUT2D eigenvalue weighted by Gasteiger charge is -2.55. The van der Waals surface area contributed by atoms with E-state index in [4.69, 9.17) is 0 Å². The molecule has 0 atom stereocenters. The summed E-state index contributed by atoms with van der Waals surface area (Å²) in [6, 6.07) is 13.0. The quantitative estimate of drug-likeness (QED) is 0.854. The van der Waals surface area contributed by atoms with Gasteiger partial charge in [0.05, 0.1) is 0 Å². The normalized spacial score (nSPS) is 18.6. The highest BCUT2D eigenvalue weighted by Gasteiger charge is 2.45. The van der Waals surface area contributed by atoms with E-state index >= 15 is 0 Å². The Morgan fingerprint density at radius 2 is 1.83 bits per heavy atom. The van der Waals surface area contributed by atoms with Crippen LogP contribution in [0.3, 0.4) is 0 Å². The number of rotatable bonds is 2. The van der Waals surface area contributed by atoms with Crippen LogP contribution in [0.5, 0.6) is 5.75 Å². The summed E-state index contributed by atoms with van der Waals surface area (Å²) in [7, 11) is 0. The molecule has 2 heteroatoms. The molecule has 1 N–H and O–H groups in total. The number of hydrogen-bond donors (Lipinski definition) is 1. The topological polar surface area (TPSA) is 23.5 Å². The van der Waals surface area contributed by atoms with Crippen molar-refractivity contribution >= 4 is 5.69 Å². The Hall–Kier alpha value is -1.96. The molecule has 2 aromatic carbocycles. The lowest BCUT2D eigenvalue weighted by atomic mass is 9.68. The zero-order chi connectivity index (χ0) is 16.0. The summed E-state index contributed by atoms with van der Waals surface area (Å²) in [5.41, 5.74) is 6.49. The monoisotopic (exact) mass is 307 g/mol. The highest BCUT2D eigenvalue weighted by molar-refractivity contribution is 5.66. The minimum absolute atomic E-state index is 0.346. The Morgan fingerprint density at radius 1 is 1.09 bits per heavy atom. The SMILES string of the molecule is Cc1cc2c(c(C)c1O)CCC1(CCC1)N2Cc1ccccc1. The molecule has 23 heavy (non-hydrogen) atoms. The Bertz CT molecular complexity index is 731. The third-order valence-electron chi connectivity index (χ3n) is 6.02. The second-order valence-electron chi connectivity index (χ2n) is 7.31. The van der Waals surface area contributed by atoms with Crippen LogP contribution < -0.4 is 4.90 Å². The second kappa shape index (κ2) is 5.30. The molecule has 2 nitrogen and oxygen atoms in total. The largest absolute Gasteiger partial charge is 0.507 e. The van der Waals surface area contributed by atoms with Crippen molar-refractivity contribution in [3.63, 3.8) is 0 Å². The van der Waals surface area contributed by atoms with Crippen LogP contribution >= 0.6 is 0 Å². The molecule has 1 fully saturated rings. The van der Waals surface area contributed by atoms with Gasteiger partial charge in [-0.3, -0.25) is 0 Å². The maximum absolute atomic E-state index is 10.3. The van der Waals surface area contributed by atoms with E-state index in [9.17, 15) is 5.11 Å². The fraction of sp³-hybridized carbons (Fsp3) is 0.429. The first kappa shape index (κ1) is 14.6. The average Bonchev–Trinajstić information content (AvgIpc) is 2.53. The van der Waals surface area contributed by atoms with Gasteiger partial charge in [-0.1, -0.05) is 30.3 Å². The number of benzene rings is 2. The van der Waals surface area contributed by atoms with Gasteiger partial charge in [0.2, 0.25) is 0 Å². The van der Waals surface area contributed by atoms with Gasteiger partial charge in [-0.05, 0) is 74.3 Å². The van der Waals surface area contributed by atoms with E-state index in [-0.39, 0.29) is 0 Å². The lowest BCUT2D eigenvalue weighted by Crippen LogP contribution is -2.56. The molecule has 4 rings (SSSR count). The lowest BCUT2D eigenvalue weighted by molar-refractivity contribution is 0.201. The molecule has 2 aromatic rings. The van der Waals surface area contributed by atoms with Gasteiger partial charge in [-0.15, -0.1) is 0 Å². The molecule has 0 aromatic heterocycles. The molecule has 1 saturated carbocycles. The molecule has 1 spiro atoms. The van der Waals surface area contributed by atoms with E-state index in [0.717, 1.165) is 24.1 Å². The van der Waals surface area contributed by atoms with E-state index < -0.39 is 0 Å². The molecule has 0 bridgehead atoms. The van der Waals surface area contributed by atoms with E-state index in [1.807, 2.05) is 6.92 Å². The third-order valence-corrected chi connectivity index (χ3v) is 6.02. The molecule has 2 aliphatic rings. The van der Waals surface area contributed by atoms with Gasteiger partial charge in [0, 0.05) is 17.8 Å². The number of hydrogen-bond acceptors (Lipinski definition) is 2. The van der Waals surface area contributed by atoms with Crippen LogP contribution in [-0.2, 0) is 13.0 Å². The maximum Gasteiger partial charge on any atom is 0.121 e. The first-order valence-electron chi connectivity index (χ1n) is 8.74. The Morgan fingerprint density at radius 3 is 2.48 bits per heavy atom.